The predicted octanol–water partition coefficient (Wildman–Crippen LogP) is 2.45. The van der Waals surface area contributed by atoms with E-state index < -0.39 is 5.97 Å². The maximum absolute atomic E-state index is 12.8. The zero-order valence-corrected chi connectivity index (χ0v) is 8.75. The van der Waals surface area contributed by atoms with E-state index in [2.05, 4.69) is 6.58 Å². The first-order valence-corrected chi connectivity index (χ1v) is 4.26. The van der Waals surface area contributed by atoms with Gasteiger partial charge in [0.1, 0.15) is 5.82 Å². The third kappa shape index (κ3) is 4.26. The van der Waals surface area contributed by atoms with E-state index in [0.717, 1.165) is 12.5 Å². The largest absolute Gasteiger partial charge is 0.481 e. The minimum absolute atomic E-state index is 0.181. The van der Waals surface area contributed by atoms with Crippen LogP contribution in [-0.2, 0) is 4.79 Å². The van der Waals surface area contributed by atoms with Gasteiger partial charge in [0.2, 0.25) is 0 Å². The SMILES string of the molecule is C=Cc1c(C)ccc(F)c1N.CC(=O)O. The van der Waals surface area contributed by atoms with E-state index >= 15 is 0 Å². The van der Waals surface area contributed by atoms with Crippen molar-refractivity contribution in [2.24, 2.45) is 0 Å². The molecule has 4 heteroatoms. The minimum Gasteiger partial charge on any atom is -0.481 e. The number of hydrogen-bond acceptors (Lipinski definition) is 2. The van der Waals surface area contributed by atoms with Crippen molar-refractivity contribution in [2.45, 2.75) is 13.8 Å². The van der Waals surface area contributed by atoms with Gasteiger partial charge in [0.05, 0.1) is 5.69 Å². The molecule has 0 radical (unpaired) electrons. The third-order valence-electron chi connectivity index (χ3n) is 1.66. The summed E-state index contributed by atoms with van der Waals surface area (Å²) in [5.41, 5.74) is 7.26. The molecule has 1 aromatic carbocycles. The molecule has 1 rings (SSSR count). The molecule has 0 spiro atoms. The van der Waals surface area contributed by atoms with E-state index in [4.69, 9.17) is 15.6 Å². The second kappa shape index (κ2) is 5.80. The van der Waals surface area contributed by atoms with Crippen LogP contribution in [0.25, 0.3) is 6.08 Å². The lowest BCUT2D eigenvalue weighted by Crippen LogP contribution is -1.95. The highest BCUT2D eigenvalue weighted by Crippen LogP contribution is 2.20. The molecule has 0 aromatic heterocycles. The molecule has 0 heterocycles. The van der Waals surface area contributed by atoms with E-state index in [-0.39, 0.29) is 11.5 Å². The summed E-state index contributed by atoms with van der Waals surface area (Å²) < 4.78 is 12.8. The van der Waals surface area contributed by atoms with Crippen molar-refractivity contribution in [2.75, 3.05) is 5.73 Å². The van der Waals surface area contributed by atoms with Crippen molar-refractivity contribution in [1.29, 1.82) is 0 Å². The number of nitrogens with two attached hydrogens (primary N) is 1. The Labute approximate surface area is 88.0 Å². The summed E-state index contributed by atoms with van der Waals surface area (Å²) in [5, 5.41) is 7.42. The number of rotatable bonds is 1. The molecule has 3 nitrogen and oxygen atoms in total. The highest BCUT2D eigenvalue weighted by molar-refractivity contribution is 5.66. The van der Waals surface area contributed by atoms with Gasteiger partial charge in [0.25, 0.3) is 5.97 Å². The first-order chi connectivity index (χ1) is 6.90. The lowest BCUT2D eigenvalue weighted by Gasteiger charge is -2.04. The molecule has 0 bridgehead atoms. The molecule has 0 amide bonds. The van der Waals surface area contributed by atoms with Crippen molar-refractivity contribution in [3.63, 3.8) is 0 Å². The summed E-state index contributed by atoms with van der Waals surface area (Å²) in [5.74, 6) is -1.22. The molecule has 0 saturated carbocycles. The molecule has 0 fully saturated rings. The summed E-state index contributed by atoms with van der Waals surface area (Å²) in [4.78, 5) is 9.00. The molecule has 0 aliphatic rings. The minimum atomic E-state index is -0.833. The van der Waals surface area contributed by atoms with E-state index in [1.165, 1.54) is 6.07 Å². The molecule has 0 unspecified atom stereocenters. The first kappa shape index (κ1) is 13.2. The van der Waals surface area contributed by atoms with Gasteiger partial charge in [-0.25, -0.2) is 4.39 Å². The fourth-order valence-corrected chi connectivity index (χ4v) is 0.990. The van der Waals surface area contributed by atoms with Crippen molar-refractivity contribution in [3.05, 3.63) is 35.7 Å². The lowest BCUT2D eigenvalue weighted by molar-refractivity contribution is -0.134. The van der Waals surface area contributed by atoms with Crippen molar-refractivity contribution < 1.29 is 14.3 Å². The third-order valence-corrected chi connectivity index (χ3v) is 1.66. The molecule has 0 aliphatic heterocycles. The normalized spacial score (nSPS) is 8.73. The molecule has 0 aliphatic carbocycles. The summed E-state index contributed by atoms with van der Waals surface area (Å²) in [6.45, 7) is 6.50. The van der Waals surface area contributed by atoms with Crippen LogP contribution in [0.1, 0.15) is 18.1 Å². The number of hydrogen-bond donors (Lipinski definition) is 2. The number of anilines is 1. The number of carbonyl (C=O) groups is 1. The number of aryl methyl sites for hydroxylation is 1. The zero-order chi connectivity index (χ0) is 12.0. The van der Waals surface area contributed by atoms with Gasteiger partial charge in [-0.1, -0.05) is 18.7 Å². The summed E-state index contributed by atoms with van der Waals surface area (Å²) in [7, 11) is 0. The van der Waals surface area contributed by atoms with Gasteiger partial charge in [0.15, 0.2) is 0 Å². The number of nitrogen functional groups attached to an aromatic ring is 1. The number of benzene rings is 1. The van der Waals surface area contributed by atoms with Crippen LogP contribution < -0.4 is 5.73 Å². The number of halogens is 1. The average molecular weight is 211 g/mol. The van der Waals surface area contributed by atoms with Crippen molar-refractivity contribution >= 4 is 17.7 Å². The van der Waals surface area contributed by atoms with Crippen LogP contribution in [0.15, 0.2) is 18.7 Å². The van der Waals surface area contributed by atoms with Crippen molar-refractivity contribution in [1.82, 2.24) is 0 Å². The first-order valence-electron chi connectivity index (χ1n) is 4.26. The van der Waals surface area contributed by atoms with Gasteiger partial charge in [-0.3, -0.25) is 4.79 Å². The van der Waals surface area contributed by atoms with Gasteiger partial charge < -0.3 is 10.8 Å². The van der Waals surface area contributed by atoms with E-state index in [0.29, 0.717) is 5.56 Å². The zero-order valence-electron chi connectivity index (χ0n) is 8.75. The van der Waals surface area contributed by atoms with Crippen LogP contribution in [0, 0.1) is 12.7 Å². The Morgan fingerprint density at radius 1 is 1.60 bits per heavy atom. The second-order valence-electron chi connectivity index (χ2n) is 2.91. The van der Waals surface area contributed by atoms with Gasteiger partial charge in [0, 0.05) is 12.5 Å². The summed E-state index contributed by atoms with van der Waals surface area (Å²) in [6, 6.07) is 3.04. The van der Waals surface area contributed by atoms with Crippen LogP contribution in [0.2, 0.25) is 0 Å². The maximum atomic E-state index is 12.8. The Morgan fingerprint density at radius 3 is 2.40 bits per heavy atom. The topological polar surface area (TPSA) is 63.3 Å². The summed E-state index contributed by atoms with van der Waals surface area (Å²) >= 11 is 0. The number of carboxylic acids is 1. The molecule has 82 valence electrons. The van der Waals surface area contributed by atoms with Gasteiger partial charge in [-0.05, 0) is 18.6 Å². The van der Waals surface area contributed by atoms with Crippen LogP contribution in [0.3, 0.4) is 0 Å². The molecule has 0 saturated heterocycles. The highest BCUT2D eigenvalue weighted by atomic mass is 19.1. The predicted molar refractivity (Wildman–Crippen MR) is 59.0 cm³/mol. The summed E-state index contributed by atoms with van der Waals surface area (Å²) in [6.07, 6.45) is 1.56. The number of carboxylic acid groups (broad SMARTS) is 1. The molecular weight excluding hydrogens is 197 g/mol. The Bertz CT molecular complexity index is 371. The van der Waals surface area contributed by atoms with Crippen LogP contribution >= 0.6 is 0 Å². The molecular formula is C11H14FNO2. The van der Waals surface area contributed by atoms with Crippen LogP contribution in [0.4, 0.5) is 10.1 Å². The smallest absolute Gasteiger partial charge is 0.300 e. The lowest BCUT2D eigenvalue weighted by atomic mass is 10.1. The van der Waals surface area contributed by atoms with Crippen molar-refractivity contribution in [3.8, 4) is 0 Å². The highest BCUT2D eigenvalue weighted by Gasteiger charge is 2.03. The maximum Gasteiger partial charge on any atom is 0.300 e. The van der Waals surface area contributed by atoms with Crippen LogP contribution in [-0.4, -0.2) is 11.1 Å². The van der Waals surface area contributed by atoms with E-state index in [1.807, 2.05) is 6.92 Å². The fourth-order valence-electron chi connectivity index (χ4n) is 0.990. The van der Waals surface area contributed by atoms with Gasteiger partial charge >= 0.3 is 0 Å². The Hall–Kier alpha value is -1.84. The Morgan fingerprint density at radius 2 is 2.07 bits per heavy atom. The van der Waals surface area contributed by atoms with Crippen LogP contribution in [0.5, 0.6) is 0 Å². The quantitative estimate of drug-likeness (QED) is 0.701. The molecule has 15 heavy (non-hydrogen) atoms. The monoisotopic (exact) mass is 211 g/mol. The van der Waals surface area contributed by atoms with Gasteiger partial charge in [-0.2, -0.15) is 0 Å². The average Bonchev–Trinajstić information content (AvgIpc) is 2.12. The van der Waals surface area contributed by atoms with Gasteiger partial charge in [-0.15, -0.1) is 0 Å². The molecule has 0 atom stereocenters. The Kier molecular flexibility index (Phi) is 5.09. The second-order valence-corrected chi connectivity index (χ2v) is 2.91. The van der Waals surface area contributed by atoms with E-state index in [1.54, 1.807) is 12.1 Å². The number of aliphatic carboxylic acids is 1. The standard InChI is InChI=1S/C9H10FN.C2H4O2/c1-3-7-6(2)4-5-8(10)9(7)11;1-2(3)4/h3-5H,1,11H2,2H3;1H3,(H,3,4). The fraction of sp³-hybridized carbons (Fsp3) is 0.182. The van der Waals surface area contributed by atoms with E-state index in [9.17, 15) is 4.39 Å². The Balaban J connectivity index is 0.000000423. The molecule has 1 aromatic rings. The molecule has 3 N–H and O–H groups in total.